The molecule has 0 aromatic carbocycles. The number of esters is 1. The van der Waals surface area contributed by atoms with E-state index in [4.69, 9.17) is 9.47 Å². The maximum atomic E-state index is 11.7. The van der Waals surface area contributed by atoms with Crippen molar-refractivity contribution in [1.82, 2.24) is 15.0 Å². The van der Waals surface area contributed by atoms with E-state index in [1.54, 1.807) is 6.20 Å². The zero-order valence-electron chi connectivity index (χ0n) is 13.4. The summed E-state index contributed by atoms with van der Waals surface area (Å²) in [5, 5.41) is 3.15. The second-order valence-corrected chi connectivity index (χ2v) is 5.25. The monoisotopic (exact) mass is 329 g/mol. The molecule has 2 aromatic rings. The molecule has 0 unspecified atom stereocenters. The van der Waals surface area contributed by atoms with E-state index in [9.17, 15) is 4.79 Å². The molecule has 0 saturated carbocycles. The van der Waals surface area contributed by atoms with Crippen molar-refractivity contribution in [2.24, 2.45) is 0 Å². The van der Waals surface area contributed by atoms with E-state index in [1.165, 1.54) is 19.6 Å². The Morgan fingerprint density at radius 1 is 1.38 bits per heavy atom. The number of carbonyl (C=O) groups excluding carboxylic acids is 1. The van der Waals surface area contributed by atoms with Crippen LogP contribution < -0.4 is 10.2 Å². The van der Waals surface area contributed by atoms with Crippen molar-refractivity contribution in [3.63, 3.8) is 0 Å². The van der Waals surface area contributed by atoms with Crippen LogP contribution in [0.2, 0.25) is 0 Å². The summed E-state index contributed by atoms with van der Waals surface area (Å²) < 4.78 is 10.1. The fourth-order valence-corrected chi connectivity index (χ4v) is 2.45. The number of nitrogens with zero attached hydrogens (tertiary/aromatic N) is 4. The van der Waals surface area contributed by atoms with Gasteiger partial charge in [-0.15, -0.1) is 0 Å². The fourth-order valence-electron chi connectivity index (χ4n) is 2.45. The number of hydrogen-bond acceptors (Lipinski definition) is 8. The average molecular weight is 329 g/mol. The highest BCUT2D eigenvalue weighted by Crippen LogP contribution is 2.17. The molecule has 0 radical (unpaired) electrons. The molecule has 8 nitrogen and oxygen atoms in total. The molecule has 1 aliphatic rings. The fraction of sp³-hybridized carbons (Fsp3) is 0.375. The lowest BCUT2D eigenvalue weighted by molar-refractivity contribution is 0.0601. The molecule has 8 heteroatoms. The van der Waals surface area contributed by atoms with Crippen LogP contribution in [0.25, 0.3) is 0 Å². The normalized spacial score (nSPS) is 14.3. The molecule has 24 heavy (non-hydrogen) atoms. The Hall–Kier alpha value is -2.74. The smallest absolute Gasteiger partial charge is 0.343 e. The summed E-state index contributed by atoms with van der Waals surface area (Å²) in [6.07, 6.45) is 4.61. The molecule has 3 heterocycles. The van der Waals surface area contributed by atoms with E-state index >= 15 is 0 Å². The number of ether oxygens (including phenoxy) is 2. The Morgan fingerprint density at radius 3 is 3.00 bits per heavy atom. The van der Waals surface area contributed by atoms with Gasteiger partial charge in [0.05, 0.1) is 20.3 Å². The number of nitrogens with one attached hydrogen (secondary N) is 1. The predicted molar refractivity (Wildman–Crippen MR) is 88.0 cm³/mol. The zero-order chi connectivity index (χ0) is 16.8. The molecule has 0 bridgehead atoms. The molecule has 1 saturated heterocycles. The number of anilines is 2. The highest BCUT2D eigenvalue weighted by atomic mass is 16.5. The number of aromatic nitrogens is 3. The minimum absolute atomic E-state index is 0.308. The van der Waals surface area contributed by atoms with Crippen molar-refractivity contribution in [2.45, 2.75) is 6.54 Å². The van der Waals surface area contributed by atoms with Crippen LogP contribution in [0.5, 0.6) is 0 Å². The van der Waals surface area contributed by atoms with Gasteiger partial charge in [-0.2, -0.15) is 0 Å². The maximum absolute atomic E-state index is 11.7. The summed E-state index contributed by atoms with van der Waals surface area (Å²) in [5.74, 6) is 0.900. The Balaban J connectivity index is 1.70. The first kappa shape index (κ1) is 16.1. The zero-order valence-corrected chi connectivity index (χ0v) is 13.4. The molecule has 0 aliphatic carbocycles. The van der Waals surface area contributed by atoms with E-state index in [1.807, 2.05) is 12.1 Å². The van der Waals surface area contributed by atoms with Crippen molar-refractivity contribution >= 4 is 17.6 Å². The average Bonchev–Trinajstić information content (AvgIpc) is 2.67. The quantitative estimate of drug-likeness (QED) is 0.816. The van der Waals surface area contributed by atoms with Gasteiger partial charge in [-0.05, 0) is 17.7 Å². The first-order valence-electron chi connectivity index (χ1n) is 7.68. The standard InChI is InChI=1S/C16H19N5O3/c1-23-16(22)13-10-17-11-20-15(13)19-9-12-2-3-18-14(8-12)21-4-6-24-7-5-21/h2-3,8,10-11H,4-7,9H2,1H3,(H,17,19,20). The summed E-state index contributed by atoms with van der Waals surface area (Å²) in [7, 11) is 1.33. The molecular weight excluding hydrogens is 310 g/mol. The van der Waals surface area contributed by atoms with Crippen LogP contribution in [0.4, 0.5) is 11.6 Å². The largest absolute Gasteiger partial charge is 0.465 e. The Bertz CT molecular complexity index is 704. The molecule has 1 fully saturated rings. The van der Waals surface area contributed by atoms with Crippen LogP contribution in [-0.4, -0.2) is 54.3 Å². The predicted octanol–water partition coefficient (Wildman–Crippen LogP) is 1.11. The number of hydrogen-bond donors (Lipinski definition) is 1. The Kier molecular flexibility index (Phi) is 5.17. The Morgan fingerprint density at radius 2 is 2.21 bits per heavy atom. The van der Waals surface area contributed by atoms with Crippen LogP contribution in [0.1, 0.15) is 15.9 Å². The number of carbonyl (C=O) groups is 1. The molecular formula is C16H19N5O3. The first-order chi connectivity index (χ1) is 11.8. The number of pyridine rings is 1. The van der Waals surface area contributed by atoms with Gasteiger partial charge in [0, 0.05) is 32.0 Å². The molecule has 126 valence electrons. The third-order valence-electron chi connectivity index (χ3n) is 3.72. The van der Waals surface area contributed by atoms with Crippen LogP contribution >= 0.6 is 0 Å². The molecule has 0 spiro atoms. The third-order valence-corrected chi connectivity index (χ3v) is 3.72. The molecule has 1 N–H and O–H groups in total. The number of rotatable bonds is 5. The summed E-state index contributed by atoms with van der Waals surface area (Å²) in [6, 6.07) is 3.95. The number of morpholine rings is 1. The highest BCUT2D eigenvalue weighted by Gasteiger charge is 2.14. The highest BCUT2D eigenvalue weighted by molar-refractivity contribution is 5.94. The van der Waals surface area contributed by atoms with Gasteiger partial charge in [0.1, 0.15) is 23.5 Å². The van der Waals surface area contributed by atoms with Crippen LogP contribution in [0.3, 0.4) is 0 Å². The van der Waals surface area contributed by atoms with Crippen molar-refractivity contribution in [3.05, 3.63) is 42.0 Å². The third kappa shape index (κ3) is 3.77. The molecule has 2 aromatic heterocycles. The second kappa shape index (κ2) is 7.69. The van der Waals surface area contributed by atoms with Gasteiger partial charge in [0.15, 0.2) is 0 Å². The Labute approximate surface area is 139 Å². The summed E-state index contributed by atoms with van der Waals surface area (Å²) >= 11 is 0. The summed E-state index contributed by atoms with van der Waals surface area (Å²) in [6.45, 7) is 3.62. The molecule has 0 amide bonds. The lowest BCUT2D eigenvalue weighted by Crippen LogP contribution is -2.36. The van der Waals surface area contributed by atoms with Crippen molar-refractivity contribution < 1.29 is 14.3 Å². The van der Waals surface area contributed by atoms with Gasteiger partial charge in [-0.3, -0.25) is 0 Å². The number of methoxy groups -OCH3 is 1. The van der Waals surface area contributed by atoms with Gasteiger partial charge < -0.3 is 19.7 Å². The van der Waals surface area contributed by atoms with Gasteiger partial charge in [-0.25, -0.2) is 19.7 Å². The first-order valence-corrected chi connectivity index (χ1v) is 7.68. The van der Waals surface area contributed by atoms with Crippen LogP contribution in [0, 0.1) is 0 Å². The topological polar surface area (TPSA) is 89.5 Å². The van der Waals surface area contributed by atoms with E-state index < -0.39 is 5.97 Å². The lowest BCUT2D eigenvalue weighted by Gasteiger charge is -2.28. The van der Waals surface area contributed by atoms with E-state index in [-0.39, 0.29) is 0 Å². The van der Waals surface area contributed by atoms with Crippen LogP contribution in [-0.2, 0) is 16.0 Å². The van der Waals surface area contributed by atoms with Crippen LogP contribution in [0.15, 0.2) is 30.9 Å². The minimum atomic E-state index is -0.471. The SMILES string of the molecule is COC(=O)c1cncnc1NCc1ccnc(N2CCOCC2)c1. The summed E-state index contributed by atoms with van der Waals surface area (Å²) in [4.78, 5) is 26.3. The van der Waals surface area contributed by atoms with E-state index in [0.29, 0.717) is 31.1 Å². The van der Waals surface area contributed by atoms with Gasteiger partial charge in [0.25, 0.3) is 0 Å². The maximum Gasteiger partial charge on any atom is 0.343 e. The van der Waals surface area contributed by atoms with E-state index in [0.717, 1.165) is 24.5 Å². The van der Waals surface area contributed by atoms with Gasteiger partial charge in [-0.1, -0.05) is 0 Å². The minimum Gasteiger partial charge on any atom is -0.465 e. The van der Waals surface area contributed by atoms with Crippen molar-refractivity contribution in [1.29, 1.82) is 0 Å². The molecule has 3 rings (SSSR count). The van der Waals surface area contributed by atoms with Gasteiger partial charge >= 0.3 is 5.97 Å². The molecule has 1 aliphatic heterocycles. The summed E-state index contributed by atoms with van der Waals surface area (Å²) in [5.41, 5.74) is 1.35. The van der Waals surface area contributed by atoms with Crippen molar-refractivity contribution in [2.75, 3.05) is 43.6 Å². The second-order valence-electron chi connectivity index (χ2n) is 5.25. The van der Waals surface area contributed by atoms with Gasteiger partial charge in [0.2, 0.25) is 0 Å². The van der Waals surface area contributed by atoms with E-state index in [2.05, 4.69) is 25.2 Å². The van der Waals surface area contributed by atoms with Crippen molar-refractivity contribution in [3.8, 4) is 0 Å². The lowest BCUT2D eigenvalue weighted by atomic mass is 10.2. The molecule has 0 atom stereocenters.